The van der Waals surface area contributed by atoms with Crippen molar-refractivity contribution in [3.05, 3.63) is 59.1 Å². The molecule has 0 amide bonds. The average molecular weight is 391 g/mol. The van der Waals surface area contributed by atoms with Gasteiger partial charge < -0.3 is 14.2 Å². The van der Waals surface area contributed by atoms with Crippen LogP contribution in [0.1, 0.15) is 10.6 Å². The zero-order valence-corrected chi connectivity index (χ0v) is 15.0. The zero-order valence-electron chi connectivity index (χ0n) is 14.2. The molecule has 0 N–H and O–H groups in total. The largest absolute Gasteiger partial charge is 0.493 e. The van der Waals surface area contributed by atoms with Crippen molar-refractivity contribution in [2.75, 3.05) is 7.11 Å². The Bertz CT molecular complexity index is 938. The van der Waals surface area contributed by atoms with Gasteiger partial charge in [0.05, 0.1) is 17.3 Å². The fourth-order valence-corrected chi connectivity index (χ4v) is 3.24. The minimum atomic E-state index is -3.01. The fourth-order valence-electron chi connectivity index (χ4n) is 2.36. The summed E-state index contributed by atoms with van der Waals surface area (Å²) in [6.45, 7) is -2.99. The molecule has 2 aromatic carbocycles. The first-order valence-electron chi connectivity index (χ1n) is 7.88. The lowest BCUT2D eigenvalue weighted by atomic mass is 10.1. The summed E-state index contributed by atoms with van der Waals surface area (Å²) in [7, 11) is 1.34. The molecule has 0 bridgehead atoms. The third-order valence-corrected chi connectivity index (χ3v) is 4.52. The van der Waals surface area contributed by atoms with Crippen LogP contribution in [0.2, 0.25) is 0 Å². The van der Waals surface area contributed by atoms with E-state index in [4.69, 9.17) is 9.47 Å². The van der Waals surface area contributed by atoms with Crippen molar-refractivity contribution in [1.29, 1.82) is 0 Å². The number of methoxy groups -OCH3 is 1. The first-order valence-corrected chi connectivity index (χ1v) is 8.69. The van der Waals surface area contributed by atoms with Gasteiger partial charge in [-0.05, 0) is 24.3 Å². The molecule has 5 nitrogen and oxygen atoms in total. The second-order valence-corrected chi connectivity index (χ2v) is 6.39. The number of carbonyl (C=O) groups is 1. The predicted octanol–water partition coefficient (Wildman–Crippen LogP) is 4.66. The highest BCUT2D eigenvalue weighted by molar-refractivity contribution is 7.18. The smallest absolute Gasteiger partial charge is 0.387 e. The maximum Gasteiger partial charge on any atom is 0.387 e. The van der Waals surface area contributed by atoms with Crippen LogP contribution >= 0.6 is 11.3 Å². The number of fused-ring (bicyclic) bond motifs is 1. The Morgan fingerprint density at radius 2 is 2.04 bits per heavy atom. The van der Waals surface area contributed by atoms with E-state index in [-0.39, 0.29) is 23.7 Å². The van der Waals surface area contributed by atoms with E-state index in [1.165, 1.54) is 36.7 Å². The van der Waals surface area contributed by atoms with Crippen LogP contribution in [-0.4, -0.2) is 24.7 Å². The number of thiazole rings is 1. The number of para-hydroxylation sites is 2. The van der Waals surface area contributed by atoms with Crippen LogP contribution in [0.3, 0.4) is 0 Å². The van der Waals surface area contributed by atoms with E-state index in [1.807, 2.05) is 24.3 Å². The van der Waals surface area contributed by atoms with Crippen LogP contribution in [0.5, 0.6) is 11.5 Å². The number of nitrogens with zero attached hydrogens (tertiary/aromatic N) is 1. The molecular weight excluding hydrogens is 376 g/mol. The zero-order chi connectivity index (χ0) is 19.2. The summed E-state index contributed by atoms with van der Waals surface area (Å²) < 4.78 is 40.9. The van der Waals surface area contributed by atoms with Gasteiger partial charge in [0.2, 0.25) is 0 Å². The summed E-state index contributed by atoms with van der Waals surface area (Å²) in [5.41, 5.74) is 1.11. The molecule has 1 heterocycles. The third-order valence-electron chi connectivity index (χ3n) is 3.51. The molecule has 0 fully saturated rings. The van der Waals surface area contributed by atoms with Crippen molar-refractivity contribution in [3.63, 3.8) is 0 Å². The predicted molar refractivity (Wildman–Crippen MR) is 98.1 cm³/mol. The van der Waals surface area contributed by atoms with Crippen LogP contribution in [-0.2, 0) is 16.1 Å². The van der Waals surface area contributed by atoms with Crippen molar-refractivity contribution >= 4 is 33.6 Å². The molecule has 0 aliphatic rings. The SMILES string of the molecule is COc1cccc(/C=C/C(=O)OCc2nc3ccccc3s2)c1OC(F)F. The Hall–Kier alpha value is -3.00. The van der Waals surface area contributed by atoms with Gasteiger partial charge in [0.15, 0.2) is 11.5 Å². The second kappa shape index (κ2) is 8.59. The highest BCUT2D eigenvalue weighted by atomic mass is 32.1. The van der Waals surface area contributed by atoms with Crippen molar-refractivity contribution in [3.8, 4) is 11.5 Å². The maximum atomic E-state index is 12.6. The minimum absolute atomic E-state index is 0.0288. The number of rotatable bonds is 7. The van der Waals surface area contributed by atoms with E-state index < -0.39 is 12.6 Å². The molecule has 0 aliphatic carbocycles. The van der Waals surface area contributed by atoms with Gasteiger partial charge in [-0.15, -0.1) is 11.3 Å². The number of hydrogen-bond acceptors (Lipinski definition) is 6. The Morgan fingerprint density at radius 1 is 1.22 bits per heavy atom. The lowest BCUT2D eigenvalue weighted by Gasteiger charge is -2.12. The van der Waals surface area contributed by atoms with Crippen molar-refractivity contribution in [2.45, 2.75) is 13.2 Å². The fraction of sp³-hybridized carbons (Fsp3) is 0.158. The van der Waals surface area contributed by atoms with Gasteiger partial charge in [-0.25, -0.2) is 9.78 Å². The van der Waals surface area contributed by atoms with Gasteiger partial charge in [0, 0.05) is 11.6 Å². The van der Waals surface area contributed by atoms with Crippen molar-refractivity contribution in [1.82, 2.24) is 4.98 Å². The Kier molecular flexibility index (Phi) is 5.97. The number of benzene rings is 2. The van der Waals surface area contributed by atoms with Crippen LogP contribution in [0.25, 0.3) is 16.3 Å². The molecule has 0 saturated carbocycles. The maximum absolute atomic E-state index is 12.6. The molecule has 8 heteroatoms. The van der Waals surface area contributed by atoms with Crippen LogP contribution in [0.4, 0.5) is 8.78 Å². The number of esters is 1. The van der Waals surface area contributed by atoms with E-state index in [2.05, 4.69) is 9.72 Å². The molecule has 0 radical (unpaired) electrons. The third kappa shape index (κ3) is 4.79. The number of halogens is 2. The summed E-state index contributed by atoms with van der Waals surface area (Å²) >= 11 is 1.44. The molecule has 140 valence electrons. The summed E-state index contributed by atoms with van der Waals surface area (Å²) in [6.07, 6.45) is 2.47. The van der Waals surface area contributed by atoms with Gasteiger partial charge in [-0.3, -0.25) is 0 Å². The lowest BCUT2D eigenvalue weighted by molar-refractivity contribution is -0.138. The average Bonchev–Trinajstić information content (AvgIpc) is 3.08. The van der Waals surface area contributed by atoms with E-state index >= 15 is 0 Å². The number of alkyl halides is 2. The molecule has 3 rings (SSSR count). The normalized spacial score (nSPS) is 11.3. The second-order valence-electron chi connectivity index (χ2n) is 5.27. The number of ether oxygens (including phenoxy) is 3. The molecule has 1 aromatic heterocycles. The summed E-state index contributed by atoms with van der Waals surface area (Å²) in [4.78, 5) is 16.3. The summed E-state index contributed by atoms with van der Waals surface area (Å²) in [5.74, 6) is -0.634. The first kappa shape index (κ1) is 18.8. The highest BCUT2D eigenvalue weighted by Crippen LogP contribution is 2.33. The van der Waals surface area contributed by atoms with Gasteiger partial charge in [0.25, 0.3) is 0 Å². The molecule has 0 spiro atoms. The first-order chi connectivity index (χ1) is 13.1. The summed E-state index contributed by atoms with van der Waals surface area (Å²) in [6, 6.07) is 12.2. The van der Waals surface area contributed by atoms with Gasteiger partial charge >= 0.3 is 12.6 Å². The standard InChI is InChI=1S/C19H15F2NO4S/c1-24-14-7-4-5-12(18(14)26-19(20)21)9-10-17(23)25-11-16-22-13-6-2-3-8-15(13)27-16/h2-10,19H,11H2,1H3/b10-9+. The topological polar surface area (TPSA) is 57.7 Å². The molecule has 0 unspecified atom stereocenters. The van der Waals surface area contributed by atoms with Crippen LogP contribution in [0.15, 0.2) is 48.5 Å². The number of carbonyl (C=O) groups excluding carboxylic acids is 1. The molecule has 0 atom stereocenters. The monoisotopic (exact) mass is 391 g/mol. The Balaban J connectivity index is 1.67. The molecular formula is C19H15F2NO4S. The molecule has 27 heavy (non-hydrogen) atoms. The Morgan fingerprint density at radius 3 is 2.78 bits per heavy atom. The molecule has 0 saturated heterocycles. The van der Waals surface area contributed by atoms with Crippen molar-refractivity contribution in [2.24, 2.45) is 0 Å². The number of hydrogen-bond donors (Lipinski definition) is 0. The molecule has 0 aliphatic heterocycles. The van der Waals surface area contributed by atoms with E-state index in [0.717, 1.165) is 16.3 Å². The minimum Gasteiger partial charge on any atom is -0.493 e. The number of aromatic nitrogens is 1. The van der Waals surface area contributed by atoms with E-state index in [9.17, 15) is 13.6 Å². The van der Waals surface area contributed by atoms with Crippen LogP contribution in [0, 0.1) is 0 Å². The highest BCUT2D eigenvalue weighted by Gasteiger charge is 2.14. The van der Waals surface area contributed by atoms with Crippen molar-refractivity contribution < 1.29 is 27.8 Å². The Labute approximate surface area is 157 Å². The van der Waals surface area contributed by atoms with Crippen LogP contribution < -0.4 is 9.47 Å². The van der Waals surface area contributed by atoms with Gasteiger partial charge in [-0.1, -0.05) is 24.3 Å². The summed E-state index contributed by atoms with van der Waals surface area (Å²) in [5, 5.41) is 0.668. The van der Waals surface area contributed by atoms with Gasteiger partial charge in [0.1, 0.15) is 11.6 Å². The molecule has 3 aromatic rings. The van der Waals surface area contributed by atoms with E-state index in [1.54, 1.807) is 6.07 Å². The van der Waals surface area contributed by atoms with Gasteiger partial charge in [-0.2, -0.15) is 8.78 Å². The quantitative estimate of drug-likeness (QED) is 0.433. The lowest BCUT2D eigenvalue weighted by Crippen LogP contribution is -2.05. The van der Waals surface area contributed by atoms with E-state index in [0.29, 0.717) is 5.01 Å².